The van der Waals surface area contributed by atoms with Crippen LogP contribution in [0.2, 0.25) is 0 Å². The maximum atomic E-state index is 5.25. The van der Waals surface area contributed by atoms with E-state index in [2.05, 4.69) is 44.2 Å². The van der Waals surface area contributed by atoms with Crippen LogP contribution in [0.4, 0.5) is 0 Å². The minimum Gasteiger partial charge on any atom is -0.496 e. The molecule has 1 atom stereocenters. The molecule has 4 nitrogen and oxygen atoms in total. The van der Waals surface area contributed by atoms with Gasteiger partial charge in [-0.1, -0.05) is 13.0 Å². The minimum atomic E-state index is 0.0772. The fourth-order valence-electron chi connectivity index (χ4n) is 1.95. The molecule has 100 valence electrons. The molecule has 0 aliphatic rings. The van der Waals surface area contributed by atoms with Crippen molar-refractivity contribution < 1.29 is 4.74 Å². The second-order valence-electron chi connectivity index (χ2n) is 4.06. The van der Waals surface area contributed by atoms with Crippen LogP contribution in [-0.4, -0.2) is 23.6 Å². The lowest BCUT2D eigenvalue weighted by atomic mass is 10.0. The van der Waals surface area contributed by atoms with Gasteiger partial charge in [-0.3, -0.25) is 0 Å². The maximum Gasteiger partial charge on any atom is 0.133 e. The molecule has 1 heterocycles. The third kappa shape index (κ3) is 3.30. The molecule has 0 bridgehead atoms. The van der Waals surface area contributed by atoms with Crippen LogP contribution < -0.4 is 10.1 Å². The number of ether oxygens (including phenoxy) is 1. The molecule has 1 unspecified atom stereocenters. The van der Waals surface area contributed by atoms with Crippen molar-refractivity contribution in [2.24, 2.45) is 0 Å². The van der Waals surface area contributed by atoms with Crippen molar-refractivity contribution in [3.8, 4) is 5.75 Å². The number of rotatable bonds is 5. The van der Waals surface area contributed by atoms with E-state index in [0.717, 1.165) is 27.9 Å². The van der Waals surface area contributed by atoms with Gasteiger partial charge >= 0.3 is 0 Å². The third-order valence-electron chi connectivity index (χ3n) is 2.83. The van der Waals surface area contributed by atoms with Crippen LogP contribution in [0.3, 0.4) is 0 Å². The Kier molecular flexibility index (Phi) is 4.87. The largest absolute Gasteiger partial charge is 0.496 e. The first-order valence-corrected chi connectivity index (χ1v) is 6.87. The van der Waals surface area contributed by atoms with Gasteiger partial charge in [-0.05, 0) is 40.2 Å². The van der Waals surface area contributed by atoms with Gasteiger partial charge in [-0.2, -0.15) is 0 Å². The Morgan fingerprint density at radius 3 is 2.58 bits per heavy atom. The van der Waals surface area contributed by atoms with Crippen LogP contribution in [0.25, 0.3) is 0 Å². The summed E-state index contributed by atoms with van der Waals surface area (Å²) < 4.78 is 6.19. The number of nitrogens with one attached hydrogen (secondary N) is 1. The number of hydrogen-bond acceptors (Lipinski definition) is 4. The summed E-state index contributed by atoms with van der Waals surface area (Å²) in [5.41, 5.74) is 2.19. The number of benzene rings is 1. The van der Waals surface area contributed by atoms with E-state index < -0.39 is 0 Å². The van der Waals surface area contributed by atoms with Crippen molar-refractivity contribution in [1.82, 2.24) is 15.3 Å². The van der Waals surface area contributed by atoms with Gasteiger partial charge in [-0.25, -0.2) is 9.97 Å². The third-order valence-corrected chi connectivity index (χ3v) is 3.45. The highest BCUT2D eigenvalue weighted by Crippen LogP contribution is 2.30. The first-order valence-electron chi connectivity index (χ1n) is 6.08. The number of aromatic nitrogens is 2. The van der Waals surface area contributed by atoms with Crippen LogP contribution in [0, 0.1) is 0 Å². The van der Waals surface area contributed by atoms with E-state index in [4.69, 9.17) is 4.74 Å². The van der Waals surface area contributed by atoms with Crippen molar-refractivity contribution >= 4 is 15.9 Å². The Morgan fingerprint density at radius 1 is 1.26 bits per heavy atom. The summed E-state index contributed by atoms with van der Waals surface area (Å²) in [5, 5.41) is 3.44. The standard InChI is InChI=1S/C14H16BrN3O/c1-3-18-14(11-7-16-9-17-8-11)10-4-5-13(19-2)12(15)6-10/h4-9,14,18H,3H2,1-2H3. The SMILES string of the molecule is CCNC(c1cncnc1)c1ccc(OC)c(Br)c1. The molecule has 2 aromatic rings. The average Bonchev–Trinajstić information content (AvgIpc) is 2.45. The molecule has 0 spiro atoms. The Labute approximate surface area is 121 Å². The zero-order chi connectivity index (χ0) is 13.7. The Bertz CT molecular complexity index is 533. The fraction of sp³-hybridized carbons (Fsp3) is 0.286. The molecule has 0 amide bonds. The van der Waals surface area contributed by atoms with E-state index in [-0.39, 0.29) is 6.04 Å². The van der Waals surface area contributed by atoms with E-state index in [9.17, 15) is 0 Å². The van der Waals surface area contributed by atoms with Gasteiger partial charge in [0.15, 0.2) is 0 Å². The van der Waals surface area contributed by atoms with E-state index in [1.54, 1.807) is 7.11 Å². The zero-order valence-corrected chi connectivity index (χ0v) is 12.5. The molecule has 0 aliphatic carbocycles. The number of halogens is 1. The van der Waals surface area contributed by atoms with Crippen LogP contribution >= 0.6 is 15.9 Å². The van der Waals surface area contributed by atoms with Crippen LogP contribution in [-0.2, 0) is 0 Å². The highest BCUT2D eigenvalue weighted by Gasteiger charge is 2.14. The van der Waals surface area contributed by atoms with E-state index in [1.807, 2.05) is 24.5 Å². The van der Waals surface area contributed by atoms with Crippen LogP contribution in [0.15, 0.2) is 41.4 Å². The van der Waals surface area contributed by atoms with Gasteiger partial charge in [0.25, 0.3) is 0 Å². The first kappa shape index (κ1) is 14.0. The molecule has 0 aliphatic heterocycles. The molecule has 2 rings (SSSR count). The summed E-state index contributed by atoms with van der Waals surface area (Å²) >= 11 is 3.52. The van der Waals surface area contributed by atoms with Crippen molar-refractivity contribution in [3.63, 3.8) is 0 Å². The quantitative estimate of drug-likeness (QED) is 0.919. The molecule has 0 radical (unpaired) electrons. The van der Waals surface area contributed by atoms with Gasteiger partial charge in [0.2, 0.25) is 0 Å². The molecule has 0 saturated carbocycles. The summed E-state index contributed by atoms with van der Waals surface area (Å²) in [4.78, 5) is 8.16. The molecule has 5 heteroatoms. The van der Waals surface area contributed by atoms with Gasteiger partial charge < -0.3 is 10.1 Å². The summed E-state index contributed by atoms with van der Waals surface area (Å²) in [7, 11) is 1.66. The number of methoxy groups -OCH3 is 1. The second kappa shape index (κ2) is 6.63. The molecular weight excluding hydrogens is 306 g/mol. The zero-order valence-electron chi connectivity index (χ0n) is 10.9. The predicted octanol–water partition coefficient (Wildman–Crippen LogP) is 2.95. The monoisotopic (exact) mass is 321 g/mol. The summed E-state index contributed by atoms with van der Waals surface area (Å²) in [6, 6.07) is 6.13. The van der Waals surface area contributed by atoms with Crippen molar-refractivity contribution in [2.75, 3.05) is 13.7 Å². The summed E-state index contributed by atoms with van der Waals surface area (Å²) in [6.07, 6.45) is 5.20. The minimum absolute atomic E-state index is 0.0772. The van der Waals surface area contributed by atoms with Crippen LogP contribution in [0.1, 0.15) is 24.1 Å². The van der Waals surface area contributed by atoms with E-state index in [0.29, 0.717) is 0 Å². The molecule has 0 saturated heterocycles. The van der Waals surface area contributed by atoms with Crippen molar-refractivity contribution in [3.05, 3.63) is 52.5 Å². The van der Waals surface area contributed by atoms with Crippen molar-refractivity contribution in [2.45, 2.75) is 13.0 Å². The highest BCUT2D eigenvalue weighted by atomic mass is 79.9. The van der Waals surface area contributed by atoms with Gasteiger partial charge in [-0.15, -0.1) is 0 Å². The Balaban J connectivity index is 2.37. The topological polar surface area (TPSA) is 47.0 Å². The Hall–Kier alpha value is -1.46. The fourth-order valence-corrected chi connectivity index (χ4v) is 2.51. The lowest BCUT2D eigenvalue weighted by molar-refractivity contribution is 0.412. The number of hydrogen-bond donors (Lipinski definition) is 1. The highest BCUT2D eigenvalue weighted by molar-refractivity contribution is 9.10. The average molecular weight is 322 g/mol. The van der Waals surface area contributed by atoms with E-state index in [1.165, 1.54) is 6.33 Å². The normalized spacial score (nSPS) is 12.2. The van der Waals surface area contributed by atoms with E-state index >= 15 is 0 Å². The maximum absolute atomic E-state index is 5.25. The molecule has 1 aromatic heterocycles. The molecule has 19 heavy (non-hydrogen) atoms. The molecule has 1 N–H and O–H groups in total. The number of nitrogens with zero attached hydrogens (tertiary/aromatic N) is 2. The Morgan fingerprint density at radius 2 is 2.00 bits per heavy atom. The molecule has 1 aromatic carbocycles. The van der Waals surface area contributed by atoms with Gasteiger partial charge in [0, 0.05) is 18.0 Å². The first-order chi connectivity index (χ1) is 9.26. The summed E-state index contributed by atoms with van der Waals surface area (Å²) in [5.74, 6) is 0.823. The van der Waals surface area contributed by atoms with Gasteiger partial charge in [0.05, 0.1) is 17.6 Å². The van der Waals surface area contributed by atoms with Crippen LogP contribution in [0.5, 0.6) is 5.75 Å². The van der Waals surface area contributed by atoms with Crippen molar-refractivity contribution in [1.29, 1.82) is 0 Å². The predicted molar refractivity (Wildman–Crippen MR) is 78.2 cm³/mol. The second-order valence-corrected chi connectivity index (χ2v) is 4.91. The lowest BCUT2D eigenvalue weighted by Crippen LogP contribution is -2.22. The smallest absolute Gasteiger partial charge is 0.133 e. The molecular formula is C14H16BrN3O. The lowest BCUT2D eigenvalue weighted by Gasteiger charge is -2.19. The van der Waals surface area contributed by atoms with Gasteiger partial charge in [0.1, 0.15) is 12.1 Å². The molecule has 0 fully saturated rings. The summed E-state index contributed by atoms with van der Waals surface area (Å²) in [6.45, 7) is 2.94.